The first-order valence-electron chi connectivity index (χ1n) is 14.4. The van der Waals surface area contributed by atoms with E-state index in [1.165, 1.54) is 38.3 Å². The van der Waals surface area contributed by atoms with Gasteiger partial charge in [0.2, 0.25) is 0 Å². The molecule has 0 radical (unpaired) electrons. The number of aromatic nitrogens is 8. The number of carbonyl (C=O) groups excluding carboxylic acids is 2. The lowest BCUT2D eigenvalue weighted by Gasteiger charge is -2.15. The van der Waals surface area contributed by atoms with Crippen molar-refractivity contribution < 1.29 is 28.5 Å². The van der Waals surface area contributed by atoms with E-state index in [-0.39, 0.29) is 31.0 Å². The largest absolute Gasteiger partial charge is 0.496 e. The average Bonchev–Trinajstić information content (AvgIpc) is 3.58. The number of nitrogens with two attached hydrogens (primary N) is 2. The zero-order valence-electron chi connectivity index (χ0n) is 26.4. The van der Waals surface area contributed by atoms with E-state index in [2.05, 4.69) is 29.9 Å². The molecule has 48 heavy (non-hydrogen) atoms. The van der Waals surface area contributed by atoms with Gasteiger partial charge in [-0.1, -0.05) is 24.3 Å². The Hall–Kier alpha value is -5.49. The highest BCUT2D eigenvalue weighted by Gasteiger charge is 2.20. The minimum absolute atomic E-state index is 0.177. The first kappa shape index (κ1) is 33.9. The van der Waals surface area contributed by atoms with Gasteiger partial charge in [-0.3, -0.25) is 18.7 Å². The molecule has 0 unspecified atom stereocenters. The van der Waals surface area contributed by atoms with E-state index in [1.54, 1.807) is 18.8 Å². The highest BCUT2D eigenvalue weighted by molar-refractivity contribution is 7.99. The van der Waals surface area contributed by atoms with Gasteiger partial charge in [0.1, 0.15) is 42.9 Å². The summed E-state index contributed by atoms with van der Waals surface area (Å²) in [5.41, 5.74) is 14.0. The summed E-state index contributed by atoms with van der Waals surface area (Å²) in [5.74, 6) is 1.37. The molecule has 16 nitrogen and oxygen atoms in total. The fourth-order valence-corrected chi connectivity index (χ4v) is 6.16. The third kappa shape index (κ3) is 7.23. The van der Waals surface area contributed by atoms with E-state index in [4.69, 9.17) is 42.6 Å². The number of methoxy groups -OCH3 is 2. The number of imidazole rings is 2. The molecule has 0 aliphatic heterocycles. The number of fused-ring (bicyclic) bond motifs is 3. The van der Waals surface area contributed by atoms with E-state index in [1.807, 2.05) is 34.9 Å². The number of esters is 2. The van der Waals surface area contributed by atoms with Crippen LogP contribution in [0.4, 0.5) is 11.6 Å². The molecule has 0 amide bonds. The molecule has 0 aliphatic carbocycles. The van der Waals surface area contributed by atoms with E-state index >= 15 is 0 Å². The topological polar surface area (TPSA) is 213 Å². The number of anilines is 2. The van der Waals surface area contributed by atoms with Crippen molar-refractivity contribution in [3.05, 3.63) is 47.8 Å². The number of benzene rings is 2. The third-order valence-corrected chi connectivity index (χ3v) is 8.24. The summed E-state index contributed by atoms with van der Waals surface area (Å²) in [4.78, 5) is 46.6. The minimum atomic E-state index is -0.353. The van der Waals surface area contributed by atoms with Gasteiger partial charge in [0.15, 0.2) is 38.4 Å². The van der Waals surface area contributed by atoms with Crippen molar-refractivity contribution in [3.8, 4) is 11.5 Å². The summed E-state index contributed by atoms with van der Waals surface area (Å²) in [6, 6.07) is 9.77. The van der Waals surface area contributed by atoms with Crippen LogP contribution in [0, 0.1) is 4.77 Å². The second-order valence-corrected chi connectivity index (χ2v) is 11.4. The molecule has 2 aromatic carbocycles. The number of nitrogens with one attached hydrogen (secondary N) is 1. The van der Waals surface area contributed by atoms with Crippen LogP contribution in [0.1, 0.15) is 13.8 Å². The summed E-state index contributed by atoms with van der Waals surface area (Å²) in [7, 11) is 3.26. The molecule has 5 N–H and O–H groups in total. The Morgan fingerprint density at radius 3 is 2.15 bits per heavy atom. The number of nitrogens with zero attached hydrogens (tertiary/aromatic N) is 7. The van der Waals surface area contributed by atoms with Crippen LogP contribution < -0.4 is 20.9 Å². The number of rotatable bonds is 10. The van der Waals surface area contributed by atoms with Crippen molar-refractivity contribution >= 4 is 80.7 Å². The van der Waals surface area contributed by atoms with E-state index < -0.39 is 0 Å². The summed E-state index contributed by atoms with van der Waals surface area (Å²) in [6.45, 7) is 3.93. The molecule has 0 atom stereocenters. The summed E-state index contributed by atoms with van der Waals surface area (Å²) >= 11 is 6.52. The Labute approximate surface area is 282 Å². The quantitative estimate of drug-likeness (QED) is 0.137. The first-order valence-corrected chi connectivity index (χ1v) is 15.6. The Morgan fingerprint density at radius 2 is 1.50 bits per heavy atom. The molecule has 6 aromatic rings. The zero-order chi connectivity index (χ0) is 34.4. The Morgan fingerprint density at radius 1 is 0.875 bits per heavy atom. The number of aromatic amines is 1. The van der Waals surface area contributed by atoms with Crippen LogP contribution in [-0.4, -0.2) is 78.4 Å². The molecule has 6 rings (SSSR count). The number of hydrogen-bond acceptors (Lipinski definition) is 15. The van der Waals surface area contributed by atoms with Crippen LogP contribution in [0.25, 0.3) is 33.1 Å². The van der Waals surface area contributed by atoms with Crippen molar-refractivity contribution in [3.63, 3.8) is 0 Å². The third-order valence-electron chi connectivity index (χ3n) is 6.90. The molecule has 4 aromatic heterocycles. The molecule has 0 bridgehead atoms. The number of H-pyrrole nitrogens is 1. The minimum Gasteiger partial charge on any atom is -0.496 e. The normalized spacial score (nSPS) is 10.9. The van der Waals surface area contributed by atoms with Crippen LogP contribution in [-0.2, 0) is 32.2 Å². The summed E-state index contributed by atoms with van der Waals surface area (Å²) in [5, 5.41) is 2.49. The van der Waals surface area contributed by atoms with Gasteiger partial charge in [-0.25, -0.2) is 24.9 Å². The molecule has 0 saturated heterocycles. The molecule has 0 fully saturated rings. The summed E-state index contributed by atoms with van der Waals surface area (Å²) in [6.07, 6.45) is 2.75. The van der Waals surface area contributed by atoms with Crippen LogP contribution in [0.5, 0.6) is 11.5 Å². The van der Waals surface area contributed by atoms with E-state index in [0.29, 0.717) is 56.9 Å². The lowest BCUT2D eigenvalue weighted by Crippen LogP contribution is -2.10. The number of ether oxygens (including phenoxy) is 4. The van der Waals surface area contributed by atoms with E-state index in [9.17, 15) is 9.59 Å². The Kier molecular flexibility index (Phi) is 10.5. The van der Waals surface area contributed by atoms with Crippen LogP contribution in [0.15, 0.2) is 53.0 Å². The van der Waals surface area contributed by atoms with Crippen molar-refractivity contribution in [2.75, 3.05) is 38.9 Å². The van der Waals surface area contributed by atoms with Gasteiger partial charge in [0, 0.05) is 24.6 Å². The first-order chi connectivity index (χ1) is 23.1. The zero-order valence-corrected chi connectivity index (χ0v) is 28.1. The predicted octanol–water partition coefficient (Wildman–Crippen LogP) is 3.93. The maximum Gasteiger partial charge on any atom is 0.302 e. The highest BCUT2D eigenvalue weighted by Crippen LogP contribution is 2.44. The number of nitrogen functional groups attached to an aromatic ring is 2. The Bertz CT molecular complexity index is 2180. The lowest BCUT2D eigenvalue weighted by molar-refractivity contribution is -0.142. The van der Waals surface area contributed by atoms with E-state index in [0.717, 1.165) is 21.4 Å². The van der Waals surface area contributed by atoms with Crippen LogP contribution in [0.2, 0.25) is 0 Å². The highest BCUT2D eigenvalue weighted by atomic mass is 32.2. The smallest absolute Gasteiger partial charge is 0.302 e. The fraction of sp³-hybridized carbons (Fsp3) is 0.267. The monoisotopic (exact) mass is 692 g/mol. The lowest BCUT2D eigenvalue weighted by atomic mass is 10.1. The molecule has 0 aliphatic rings. The van der Waals surface area contributed by atoms with Gasteiger partial charge in [0.25, 0.3) is 0 Å². The van der Waals surface area contributed by atoms with Gasteiger partial charge < -0.3 is 35.4 Å². The molecule has 18 heteroatoms. The molecule has 0 spiro atoms. The molecule has 0 saturated carbocycles. The molecule has 250 valence electrons. The number of hydrogen-bond donors (Lipinski definition) is 3. The second-order valence-electron chi connectivity index (χ2n) is 9.95. The van der Waals surface area contributed by atoms with Crippen LogP contribution in [0.3, 0.4) is 0 Å². The van der Waals surface area contributed by atoms with Gasteiger partial charge in [-0.05, 0) is 30.0 Å². The Balaban J connectivity index is 0.000000224. The molecular formula is C30H32N10O6S2. The maximum atomic E-state index is 11.2. The van der Waals surface area contributed by atoms with Crippen LogP contribution >= 0.6 is 24.0 Å². The molecular weight excluding hydrogens is 661 g/mol. The van der Waals surface area contributed by atoms with Crippen molar-refractivity contribution in [1.29, 1.82) is 0 Å². The van der Waals surface area contributed by atoms with Gasteiger partial charge >= 0.3 is 11.9 Å². The second kappa shape index (κ2) is 14.9. The van der Waals surface area contributed by atoms with Crippen molar-refractivity contribution in [2.45, 2.75) is 37.0 Å². The van der Waals surface area contributed by atoms with Gasteiger partial charge in [-0.2, -0.15) is 0 Å². The van der Waals surface area contributed by atoms with Crippen molar-refractivity contribution in [2.24, 2.45) is 0 Å². The average molecular weight is 693 g/mol. The standard InChI is InChI=1S/C21H21N5O4S.C9H11N5O2S/c1-12(27)30-9-8-26-20-17(19(22)23-11-24-20)25-21(26)31-16-10-15(28-2)13-6-4-5-7-14(13)18(16)29-3;1-5(15)16-3-2-14-8-6(13-9(14)17)7(10)11-4-12-8/h4-7,10-11H,8-9H2,1-3H3,(H2,22,23,24);4H,2-3H2,1H3,(H,13,17)(H2,10,11,12). The number of carbonyl (C=O) groups is 2. The fourth-order valence-electron chi connectivity index (χ4n) is 4.81. The molecule has 4 heterocycles. The van der Waals surface area contributed by atoms with Crippen molar-refractivity contribution in [1.82, 2.24) is 39.0 Å². The maximum absolute atomic E-state index is 11.2. The SMILES string of the molecule is CC(=O)OCCn1c(=S)[nH]c2c(N)ncnc21.COc1cc(Sc2nc3c(N)ncnc3n2CCOC(C)=O)c(OC)c2ccccc12. The predicted molar refractivity (Wildman–Crippen MR) is 181 cm³/mol. The van der Waals surface area contributed by atoms with Gasteiger partial charge in [-0.15, -0.1) is 0 Å². The summed E-state index contributed by atoms with van der Waals surface area (Å²) < 4.78 is 25.4. The van der Waals surface area contributed by atoms with Gasteiger partial charge in [0.05, 0.1) is 32.2 Å².